The molecule has 0 bridgehead atoms. The van der Waals surface area contributed by atoms with Crippen molar-refractivity contribution in [3.8, 4) is 0 Å². The van der Waals surface area contributed by atoms with E-state index in [1.807, 2.05) is 0 Å². The van der Waals surface area contributed by atoms with Crippen LogP contribution in [0.4, 0.5) is 11.5 Å². The number of nitro groups is 1. The Hall–Kier alpha value is -2.55. The molecule has 0 aromatic carbocycles. The molecular formula is C16H18N4O4S. The lowest BCUT2D eigenvalue weighted by atomic mass is 10.2. The quantitative estimate of drug-likeness (QED) is 0.457. The van der Waals surface area contributed by atoms with Gasteiger partial charge in [0.1, 0.15) is 16.5 Å². The Balaban J connectivity index is 1.85. The Morgan fingerprint density at radius 2 is 2.28 bits per heavy atom. The molecule has 0 aliphatic carbocycles. The first-order valence-electron chi connectivity index (χ1n) is 8.02. The van der Waals surface area contributed by atoms with E-state index in [9.17, 15) is 14.9 Å². The van der Waals surface area contributed by atoms with Gasteiger partial charge in [-0.05, 0) is 32.8 Å². The van der Waals surface area contributed by atoms with E-state index in [2.05, 4.69) is 14.9 Å². The highest BCUT2D eigenvalue weighted by molar-refractivity contribution is 7.10. The first-order valence-corrected chi connectivity index (χ1v) is 8.90. The van der Waals surface area contributed by atoms with E-state index in [-0.39, 0.29) is 11.7 Å². The average Bonchev–Trinajstić information content (AvgIpc) is 3.23. The zero-order chi connectivity index (χ0) is 18.0. The molecule has 3 heterocycles. The van der Waals surface area contributed by atoms with Gasteiger partial charge < -0.3 is 9.64 Å². The minimum Gasteiger partial charge on any atom is -0.461 e. The fourth-order valence-corrected chi connectivity index (χ4v) is 3.87. The Morgan fingerprint density at radius 3 is 2.96 bits per heavy atom. The van der Waals surface area contributed by atoms with Crippen LogP contribution < -0.4 is 4.90 Å². The summed E-state index contributed by atoms with van der Waals surface area (Å²) in [6.45, 7) is 4.50. The predicted octanol–water partition coefficient (Wildman–Crippen LogP) is 3.27. The molecular weight excluding hydrogens is 344 g/mol. The third-order valence-corrected chi connectivity index (χ3v) is 5.02. The Morgan fingerprint density at radius 1 is 1.48 bits per heavy atom. The van der Waals surface area contributed by atoms with E-state index in [1.165, 1.54) is 17.4 Å². The first kappa shape index (κ1) is 17.3. The van der Waals surface area contributed by atoms with Crippen molar-refractivity contribution in [1.29, 1.82) is 0 Å². The number of carbonyl (C=O) groups excluding carboxylic acids is 1. The summed E-state index contributed by atoms with van der Waals surface area (Å²) in [5, 5.41) is 13.5. The van der Waals surface area contributed by atoms with Crippen molar-refractivity contribution in [3.05, 3.63) is 44.0 Å². The Labute approximate surface area is 148 Å². The highest BCUT2D eigenvalue weighted by Gasteiger charge is 2.31. The van der Waals surface area contributed by atoms with Gasteiger partial charge in [0.25, 0.3) is 5.69 Å². The zero-order valence-electron chi connectivity index (χ0n) is 14.0. The fraction of sp³-hybridized carbons (Fsp3) is 0.438. The standard InChI is InChI=1S/C16H18N4O4S/c1-3-24-16(21)11-9-25-15(18-11)13-5-4-8-19(13)14-7-6-12(20(22)23)10(2)17-14/h6-7,9,13H,3-5,8H2,1-2H3. The van der Waals surface area contributed by atoms with Crippen LogP contribution in [0.1, 0.15) is 47.0 Å². The number of anilines is 1. The van der Waals surface area contributed by atoms with E-state index in [4.69, 9.17) is 4.74 Å². The molecule has 0 amide bonds. The van der Waals surface area contributed by atoms with Crippen LogP contribution in [0.3, 0.4) is 0 Å². The molecule has 2 aromatic rings. The van der Waals surface area contributed by atoms with Crippen LogP contribution in [0.15, 0.2) is 17.5 Å². The molecule has 1 atom stereocenters. The molecule has 8 nitrogen and oxygen atoms in total. The number of hydrogen-bond acceptors (Lipinski definition) is 8. The van der Waals surface area contributed by atoms with E-state index in [0.717, 1.165) is 24.4 Å². The lowest BCUT2D eigenvalue weighted by molar-refractivity contribution is -0.385. The van der Waals surface area contributed by atoms with Gasteiger partial charge in [-0.3, -0.25) is 10.1 Å². The van der Waals surface area contributed by atoms with Crippen LogP contribution >= 0.6 is 11.3 Å². The maximum absolute atomic E-state index is 11.8. The second kappa shape index (κ2) is 7.14. The van der Waals surface area contributed by atoms with Crippen LogP contribution in [0, 0.1) is 17.0 Å². The van der Waals surface area contributed by atoms with Crippen molar-refractivity contribution in [2.24, 2.45) is 0 Å². The molecule has 1 fully saturated rings. The topological polar surface area (TPSA) is 98.5 Å². The zero-order valence-corrected chi connectivity index (χ0v) is 14.8. The van der Waals surface area contributed by atoms with Gasteiger partial charge in [-0.15, -0.1) is 11.3 Å². The van der Waals surface area contributed by atoms with Gasteiger partial charge in [-0.25, -0.2) is 14.8 Å². The third-order valence-electron chi connectivity index (χ3n) is 4.08. The van der Waals surface area contributed by atoms with Crippen molar-refractivity contribution in [1.82, 2.24) is 9.97 Å². The summed E-state index contributed by atoms with van der Waals surface area (Å²) < 4.78 is 4.98. The first-order chi connectivity index (χ1) is 12.0. The Bertz CT molecular complexity index is 807. The van der Waals surface area contributed by atoms with Crippen molar-refractivity contribution in [2.75, 3.05) is 18.1 Å². The van der Waals surface area contributed by atoms with Crippen LogP contribution in [-0.2, 0) is 4.74 Å². The number of nitrogens with zero attached hydrogens (tertiary/aromatic N) is 4. The van der Waals surface area contributed by atoms with E-state index >= 15 is 0 Å². The molecule has 1 aliphatic rings. The van der Waals surface area contributed by atoms with E-state index < -0.39 is 10.9 Å². The number of pyridine rings is 1. The lowest BCUT2D eigenvalue weighted by Gasteiger charge is -2.24. The molecule has 1 unspecified atom stereocenters. The normalized spacial score (nSPS) is 16.9. The monoisotopic (exact) mass is 362 g/mol. The van der Waals surface area contributed by atoms with Gasteiger partial charge in [0.15, 0.2) is 5.69 Å². The Kier molecular flexibility index (Phi) is 4.93. The molecule has 132 valence electrons. The summed E-state index contributed by atoms with van der Waals surface area (Å²) in [5.41, 5.74) is 0.722. The van der Waals surface area contributed by atoms with Crippen LogP contribution in [0.2, 0.25) is 0 Å². The molecule has 0 N–H and O–H groups in total. The summed E-state index contributed by atoms with van der Waals surface area (Å²) in [5.74, 6) is 0.275. The van der Waals surface area contributed by atoms with E-state index in [0.29, 0.717) is 23.8 Å². The van der Waals surface area contributed by atoms with Crippen molar-refractivity contribution in [3.63, 3.8) is 0 Å². The number of aromatic nitrogens is 2. The molecule has 0 spiro atoms. The molecule has 1 aliphatic heterocycles. The average molecular weight is 362 g/mol. The molecule has 2 aromatic heterocycles. The lowest BCUT2D eigenvalue weighted by Crippen LogP contribution is -2.24. The number of hydrogen-bond donors (Lipinski definition) is 0. The minimum absolute atomic E-state index is 0.0124. The highest BCUT2D eigenvalue weighted by atomic mass is 32.1. The summed E-state index contributed by atoms with van der Waals surface area (Å²) in [4.78, 5) is 33.2. The number of ether oxygens (including phenoxy) is 1. The number of rotatable bonds is 5. The summed E-state index contributed by atoms with van der Waals surface area (Å²) >= 11 is 1.42. The molecule has 0 saturated carbocycles. The van der Waals surface area contributed by atoms with Crippen molar-refractivity contribution < 1.29 is 14.5 Å². The van der Waals surface area contributed by atoms with Gasteiger partial charge in [-0.2, -0.15) is 0 Å². The summed E-state index contributed by atoms with van der Waals surface area (Å²) in [6.07, 6.45) is 1.87. The van der Waals surface area contributed by atoms with Crippen molar-refractivity contribution >= 4 is 28.8 Å². The maximum Gasteiger partial charge on any atom is 0.357 e. The largest absolute Gasteiger partial charge is 0.461 e. The SMILES string of the molecule is CCOC(=O)c1csc(C2CCCN2c2ccc([N+](=O)[O-])c(C)n2)n1. The second-order valence-corrected chi connectivity index (χ2v) is 6.56. The van der Waals surface area contributed by atoms with Gasteiger partial charge >= 0.3 is 5.97 Å². The minimum atomic E-state index is -0.431. The van der Waals surface area contributed by atoms with Gasteiger partial charge in [-0.1, -0.05) is 0 Å². The highest BCUT2D eigenvalue weighted by Crippen LogP contribution is 2.37. The maximum atomic E-state index is 11.8. The molecule has 3 rings (SSSR count). The molecule has 1 saturated heterocycles. The fourth-order valence-electron chi connectivity index (χ4n) is 2.93. The molecule has 9 heteroatoms. The number of thiazole rings is 1. The van der Waals surface area contributed by atoms with Gasteiger partial charge in [0.2, 0.25) is 0 Å². The number of carbonyl (C=O) groups is 1. The summed E-state index contributed by atoms with van der Waals surface area (Å²) in [6, 6.07) is 3.17. The second-order valence-electron chi connectivity index (χ2n) is 5.67. The van der Waals surface area contributed by atoms with Crippen LogP contribution in [0.25, 0.3) is 0 Å². The number of esters is 1. The van der Waals surface area contributed by atoms with Crippen molar-refractivity contribution in [2.45, 2.75) is 32.7 Å². The number of aryl methyl sites for hydroxylation is 1. The summed E-state index contributed by atoms with van der Waals surface area (Å²) in [7, 11) is 0. The smallest absolute Gasteiger partial charge is 0.357 e. The van der Waals surface area contributed by atoms with Crippen LogP contribution in [-0.4, -0.2) is 34.0 Å². The third kappa shape index (κ3) is 3.46. The molecule has 0 radical (unpaired) electrons. The van der Waals surface area contributed by atoms with E-state index in [1.54, 1.807) is 25.3 Å². The predicted molar refractivity (Wildman–Crippen MR) is 93.0 cm³/mol. The van der Waals surface area contributed by atoms with Gasteiger partial charge in [0, 0.05) is 18.0 Å². The van der Waals surface area contributed by atoms with Crippen LogP contribution in [0.5, 0.6) is 0 Å². The van der Waals surface area contributed by atoms with Gasteiger partial charge in [0.05, 0.1) is 17.6 Å². The molecule has 25 heavy (non-hydrogen) atoms.